The van der Waals surface area contributed by atoms with Crippen LogP contribution in [0.2, 0.25) is 0 Å². The van der Waals surface area contributed by atoms with Crippen LogP contribution in [-0.4, -0.2) is 12.1 Å². The van der Waals surface area contributed by atoms with Crippen LogP contribution in [-0.2, 0) is 6.42 Å². The molecule has 0 unspecified atom stereocenters. The van der Waals surface area contributed by atoms with Crippen LogP contribution in [0, 0.1) is 0 Å². The Morgan fingerprint density at radius 3 is 2.25 bits per heavy atom. The summed E-state index contributed by atoms with van der Waals surface area (Å²) in [6, 6.07) is 10.8. The lowest BCUT2D eigenvalue weighted by Crippen LogP contribution is -2.36. The van der Waals surface area contributed by atoms with Crippen molar-refractivity contribution in [3.05, 3.63) is 35.9 Å². The molecular weight excluding hydrogens is 194 g/mol. The lowest BCUT2D eigenvalue weighted by molar-refractivity contribution is 0.417. The fourth-order valence-electron chi connectivity index (χ4n) is 1.74. The van der Waals surface area contributed by atoms with Gasteiger partial charge in [0.25, 0.3) is 0 Å². The molecule has 0 saturated carbocycles. The number of benzene rings is 1. The van der Waals surface area contributed by atoms with Crippen molar-refractivity contribution in [2.45, 2.75) is 52.0 Å². The van der Waals surface area contributed by atoms with E-state index in [-0.39, 0.29) is 5.54 Å². The number of nitrogens with one attached hydrogen (secondary N) is 1. The third kappa shape index (κ3) is 6.62. The molecule has 0 atom stereocenters. The minimum absolute atomic E-state index is 0.263. The van der Waals surface area contributed by atoms with Crippen molar-refractivity contribution in [1.82, 2.24) is 5.32 Å². The van der Waals surface area contributed by atoms with E-state index >= 15 is 0 Å². The first kappa shape index (κ1) is 13.2. The van der Waals surface area contributed by atoms with Gasteiger partial charge in [-0.15, -0.1) is 0 Å². The number of unbranched alkanes of at least 4 members (excludes halogenated alkanes) is 2. The number of hydrogen-bond donors (Lipinski definition) is 1. The molecule has 1 heteroatoms. The Labute approximate surface area is 100 Å². The van der Waals surface area contributed by atoms with Crippen molar-refractivity contribution in [3.63, 3.8) is 0 Å². The predicted molar refractivity (Wildman–Crippen MR) is 71.8 cm³/mol. The van der Waals surface area contributed by atoms with Crippen LogP contribution in [0.1, 0.15) is 45.6 Å². The molecule has 1 aromatic rings. The second-order valence-corrected chi connectivity index (χ2v) is 5.47. The lowest BCUT2D eigenvalue weighted by atomic mass is 10.1. The summed E-state index contributed by atoms with van der Waals surface area (Å²) in [6.07, 6.45) is 5.12. The molecule has 0 aromatic heterocycles. The molecule has 1 nitrogen and oxygen atoms in total. The smallest absolute Gasteiger partial charge is 0.00965 e. The van der Waals surface area contributed by atoms with Gasteiger partial charge >= 0.3 is 0 Å². The summed E-state index contributed by atoms with van der Waals surface area (Å²) in [4.78, 5) is 0. The normalized spacial score (nSPS) is 11.7. The van der Waals surface area contributed by atoms with Crippen molar-refractivity contribution >= 4 is 0 Å². The molecule has 0 aliphatic heterocycles. The molecular formula is C15H25N. The molecule has 0 fully saturated rings. The Hall–Kier alpha value is -0.820. The van der Waals surface area contributed by atoms with E-state index in [4.69, 9.17) is 0 Å². The topological polar surface area (TPSA) is 12.0 Å². The second kappa shape index (κ2) is 6.70. The Bertz CT molecular complexity index is 271. The van der Waals surface area contributed by atoms with E-state index in [1.807, 2.05) is 0 Å². The van der Waals surface area contributed by atoms with E-state index < -0.39 is 0 Å². The van der Waals surface area contributed by atoms with Crippen molar-refractivity contribution in [2.75, 3.05) is 6.54 Å². The van der Waals surface area contributed by atoms with Gasteiger partial charge in [-0.05, 0) is 52.1 Å². The monoisotopic (exact) mass is 219 g/mol. The first-order chi connectivity index (χ1) is 7.58. The second-order valence-electron chi connectivity index (χ2n) is 5.47. The highest BCUT2D eigenvalue weighted by Gasteiger charge is 2.06. The summed E-state index contributed by atoms with van der Waals surface area (Å²) >= 11 is 0. The summed E-state index contributed by atoms with van der Waals surface area (Å²) in [5.74, 6) is 0. The van der Waals surface area contributed by atoms with Crippen LogP contribution < -0.4 is 5.32 Å². The Kier molecular flexibility index (Phi) is 5.54. The van der Waals surface area contributed by atoms with Crippen LogP contribution in [0.3, 0.4) is 0 Å². The highest BCUT2D eigenvalue weighted by molar-refractivity contribution is 5.14. The number of hydrogen-bond acceptors (Lipinski definition) is 1. The minimum Gasteiger partial charge on any atom is -0.312 e. The molecule has 0 saturated heterocycles. The summed E-state index contributed by atoms with van der Waals surface area (Å²) in [5, 5.41) is 3.52. The SMILES string of the molecule is CC(C)(C)NCCCCCc1ccccc1. The van der Waals surface area contributed by atoms with Crippen LogP contribution in [0.4, 0.5) is 0 Å². The minimum atomic E-state index is 0.263. The molecule has 1 rings (SSSR count). The van der Waals surface area contributed by atoms with Gasteiger partial charge in [0, 0.05) is 5.54 Å². The largest absolute Gasteiger partial charge is 0.312 e. The molecule has 0 radical (unpaired) electrons. The zero-order valence-corrected chi connectivity index (χ0v) is 10.9. The molecule has 0 spiro atoms. The van der Waals surface area contributed by atoms with Gasteiger partial charge in [-0.2, -0.15) is 0 Å². The molecule has 0 aliphatic carbocycles. The van der Waals surface area contributed by atoms with Gasteiger partial charge in [-0.25, -0.2) is 0 Å². The fraction of sp³-hybridized carbons (Fsp3) is 0.600. The van der Waals surface area contributed by atoms with Crippen molar-refractivity contribution in [1.29, 1.82) is 0 Å². The van der Waals surface area contributed by atoms with Crippen LogP contribution in [0.5, 0.6) is 0 Å². The van der Waals surface area contributed by atoms with Crippen molar-refractivity contribution < 1.29 is 0 Å². The summed E-state index contributed by atoms with van der Waals surface area (Å²) < 4.78 is 0. The van der Waals surface area contributed by atoms with E-state index in [0.29, 0.717) is 0 Å². The quantitative estimate of drug-likeness (QED) is 0.718. The zero-order valence-electron chi connectivity index (χ0n) is 10.9. The standard InChI is InChI=1S/C15H25N/c1-15(2,3)16-13-9-5-8-12-14-10-6-4-7-11-14/h4,6-7,10-11,16H,5,8-9,12-13H2,1-3H3. The average molecular weight is 219 g/mol. The molecule has 1 N–H and O–H groups in total. The number of aryl methyl sites for hydroxylation is 1. The molecule has 0 heterocycles. The maximum Gasteiger partial charge on any atom is 0.00965 e. The van der Waals surface area contributed by atoms with E-state index in [2.05, 4.69) is 56.4 Å². The summed E-state index contributed by atoms with van der Waals surface area (Å²) in [5.41, 5.74) is 1.73. The lowest BCUT2D eigenvalue weighted by Gasteiger charge is -2.20. The van der Waals surface area contributed by atoms with E-state index in [1.165, 1.54) is 31.2 Å². The summed E-state index contributed by atoms with van der Waals surface area (Å²) in [7, 11) is 0. The van der Waals surface area contributed by atoms with Crippen LogP contribution in [0.15, 0.2) is 30.3 Å². The molecule has 90 valence electrons. The first-order valence-electron chi connectivity index (χ1n) is 6.37. The Morgan fingerprint density at radius 2 is 1.62 bits per heavy atom. The highest BCUT2D eigenvalue weighted by atomic mass is 14.9. The third-order valence-corrected chi connectivity index (χ3v) is 2.64. The van der Waals surface area contributed by atoms with Gasteiger partial charge in [0.05, 0.1) is 0 Å². The van der Waals surface area contributed by atoms with Crippen molar-refractivity contribution in [3.8, 4) is 0 Å². The Balaban J connectivity index is 2.01. The molecule has 0 bridgehead atoms. The van der Waals surface area contributed by atoms with Gasteiger partial charge in [0.1, 0.15) is 0 Å². The predicted octanol–water partition coefficient (Wildman–Crippen LogP) is 3.79. The maximum absolute atomic E-state index is 3.52. The molecule has 0 aliphatic rings. The highest BCUT2D eigenvalue weighted by Crippen LogP contribution is 2.06. The maximum atomic E-state index is 3.52. The van der Waals surface area contributed by atoms with Gasteiger partial charge in [0.15, 0.2) is 0 Å². The van der Waals surface area contributed by atoms with Crippen LogP contribution in [0.25, 0.3) is 0 Å². The zero-order chi connectivity index (χ0) is 11.9. The Morgan fingerprint density at radius 1 is 0.938 bits per heavy atom. The van der Waals surface area contributed by atoms with Crippen molar-refractivity contribution in [2.24, 2.45) is 0 Å². The average Bonchev–Trinajstić information content (AvgIpc) is 2.23. The van der Waals surface area contributed by atoms with Gasteiger partial charge in [-0.1, -0.05) is 36.8 Å². The molecule has 0 amide bonds. The van der Waals surface area contributed by atoms with Gasteiger partial charge in [-0.3, -0.25) is 0 Å². The van der Waals surface area contributed by atoms with E-state index in [9.17, 15) is 0 Å². The van der Waals surface area contributed by atoms with E-state index in [0.717, 1.165) is 6.54 Å². The first-order valence-corrected chi connectivity index (χ1v) is 6.37. The van der Waals surface area contributed by atoms with Gasteiger partial charge in [0.2, 0.25) is 0 Å². The van der Waals surface area contributed by atoms with Gasteiger partial charge < -0.3 is 5.32 Å². The fourth-order valence-corrected chi connectivity index (χ4v) is 1.74. The third-order valence-electron chi connectivity index (χ3n) is 2.64. The molecule has 16 heavy (non-hydrogen) atoms. The van der Waals surface area contributed by atoms with E-state index in [1.54, 1.807) is 0 Å². The summed E-state index contributed by atoms with van der Waals surface area (Å²) in [6.45, 7) is 7.79. The number of rotatable bonds is 6. The molecule has 1 aromatic carbocycles. The van der Waals surface area contributed by atoms with Crippen LogP contribution >= 0.6 is 0 Å².